The maximum absolute atomic E-state index is 8.54. The molecule has 0 saturated carbocycles. The van der Waals surface area contributed by atoms with Gasteiger partial charge in [0, 0.05) is 18.7 Å². The molecule has 0 bridgehead atoms. The Morgan fingerprint density at radius 3 is 2.85 bits per heavy atom. The fourth-order valence-electron chi connectivity index (χ4n) is 0.993. The summed E-state index contributed by atoms with van der Waals surface area (Å²) in [5.74, 6) is 0.806. The van der Waals surface area contributed by atoms with E-state index in [4.69, 9.17) is 15.6 Å². The van der Waals surface area contributed by atoms with Crippen molar-refractivity contribution >= 4 is 5.69 Å². The van der Waals surface area contributed by atoms with E-state index in [1.165, 1.54) is 0 Å². The van der Waals surface area contributed by atoms with Crippen molar-refractivity contribution in [1.29, 1.82) is 0 Å². The van der Waals surface area contributed by atoms with Gasteiger partial charge >= 0.3 is 0 Å². The molecule has 0 heterocycles. The fraction of sp³-hybridized carbons (Fsp3) is 0.400. The first kappa shape index (κ1) is 9.86. The van der Waals surface area contributed by atoms with Crippen LogP contribution in [-0.2, 0) is 0 Å². The van der Waals surface area contributed by atoms with Gasteiger partial charge in [-0.2, -0.15) is 0 Å². The normalized spacial score (nSPS) is 10.0. The highest BCUT2D eigenvalue weighted by molar-refractivity contribution is 5.49. The van der Waals surface area contributed by atoms with Gasteiger partial charge in [0.25, 0.3) is 0 Å². The molecule has 0 fully saturated rings. The maximum Gasteiger partial charge on any atom is 0.119 e. The Bertz CT molecular complexity index is 274. The first-order valence-electron chi connectivity index (χ1n) is 4.34. The van der Waals surface area contributed by atoms with Crippen LogP contribution in [0.1, 0.15) is 12.0 Å². The number of hydrogen-bond donors (Lipinski definition) is 2. The molecule has 72 valence electrons. The van der Waals surface area contributed by atoms with Crippen molar-refractivity contribution < 1.29 is 9.84 Å². The van der Waals surface area contributed by atoms with Crippen molar-refractivity contribution in [2.45, 2.75) is 13.3 Å². The number of anilines is 1. The maximum atomic E-state index is 8.54. The molecule has 0 radical (unpaired) electrons. The standard InChI is InChI=1S/C10H15NO2/c1-8-7-9(3-4-10(8)11)13-6-2-5-12/h3-4,7,12H,2,5-6,11H2,1H3. The lowest BCUT2D eigenvalue weighted by molar-refractivity contribution is 0.233. The summed E-state index contributed by atoms with van der Waals surface area (Å²) in [6, 6.07) is 5.55. The fourth-order valence-corrected chi connectivity index (χ4v) is 0.993. The van der Waals surface area contributed by atoms with E-state index in [0.717, 1.165) is 17.0 Å². The van der Waals surface area contributed by atoms with Crippen LogP contribution in [0, 0.1) is 6.92 Å². The van der Waals surface area contributed by atoms with Crippen molar-refractivity contribution in [3.05, 3.63) is 23.8 Å². The van der Waals surface area contributed by atoms with Gasteiger partial charge in [-0.15, -0.1) is 0 Å². The lowest BCUT2D eigenvalue weighted by Gasteiger charge is -2.06. The van der Waals surface area contributed by atoms with Crippen LogP contribution in [0.15, 0.2) is 18.2 Å². The van der Waals surface area contributed by atoms with Crippen LogP contribution in [0.2, 0.25) is 0 Å². The van der Waals surface area contributed by atoms with Crippen molar-refractivity contribution in [1.82, 2.24) is 0 Å². The Morgan fingerprint density at radius 1 is 1.46 bits per heavy atom. The van der Waals surface area contributed by atoms with Crippen LogP contribution in [0.5, 0.6) is 5.75 Å². The molecular weight excluding hydrogens is 166 g/mol. The number of nitrogen functional groups attached to an aromatic ring is 1. The minimum absolute atomic E-state index is 0.161. The SMILES string of the molecule is Cc1cc(OCCCO)ccc1N. The van der Waals surface area contributed by atoms with Crippen molar-refractivity contribution in [3.63, 3.8) is 0 Å². The van der Waals surface area contributed by atoms with Gasteiger partial charge < -0.3 is 15.6 Å². The van der Waals surface area contributed by atoms with Gasteiger partial charge in [0.05, 0.1) is 6.61 Å². The van der Waals surface area contributed by atoms with Crippen LogP contribution >= 0.6 is 0 Å². The molecule has 1 rings (SSSR count). The largest absolute Gasteiger partial charge is 0.493 e. The van der Waals surface area contributed by atoms with Crippen LogP contribution in [0.3, 0.4) is 0 Å². The predicted molar refractivity (Wildman–Crippen MR) is 52.8 cm³/mol. The molecule has 1 aromatic rings. The van der Waals surface area contributed by atoms with Gasteiger partial charge in [-0.25, -0.2) is 0 Å². The van der Waals surface area contributed by atoms with Crippen molar-refractivity contribution in [3.8, 4) is 5.75 Å². The van der Waals surface area contributed by atoms with E-state index in [2.05, 4.69) is 0 Å². The van der Waals surface area contributed by atoms with Crippen LogP contribution in [0.25, 0.3) is 0 Å². The summed E-state index contributed by atoms with van der Waals surface area (Å²) in [6.45, 7) is 2.64. The van der Waals surface area contributed by atoms with E-state index in [-0.39, 0.29) is 6.61 Å². The number of aliphatic hydroxyl groups is 1. The van der Waals surface area contributed by atoms with Crippen LogP contribution < -0.4 is 10.5 Å². The average molecular weight is 181 g/mol. The zero-order valence-corrected chi connectivity index (χ0v) is 7.79. The number of benzene rings is 1. The number of nitrogens with two attached hydrogens (primary N) is 1. The molecule has 0 aliphatic heterocycles. The van der Waals surface area contributed by atoms with Crippen molar-refractivity contribution in [2.75, 3.05) is 18.9 Å². The summed E-state index contributed by atoms with van der Waals surface area (Å²) in [4.78, 5) is 0. The van der Waals surface area contributed by atoms with E-state index in [1.807, 2.05) is 25.1 Å². The summed E-state index contributed by atoms with van der Waals surface area (Å²) in [5.41, 5.74) is 7.44. The summed E-state index contributed by atoms with van der Waals surface area (Å²) in [5, 5.41) is 8.54. The van der Waals surface area contributed by atoms with Gasteiger partial charge in [-0.3, -0.25) is 0 Å². The molecule has 0 aromatic heterocycles. The van der Waals surface area contributed by atoms with E-state index in [9.17, 15) is 0 Å². The van der Waals surface area contributed by atoms with Gasteiger partial charge in [-0.05, 0) is 30.7 Å². The van der Waals surface area contributed by atoms with Crippen LogP contribution in [0.4, 0.5) is 5.69 Å². The van der Waals surface area contributed by atoms with E-state index in [0.29, 0.717) is 13.0 Å². The van der Waals surface area contributed by atoms with Gasteiger partial charge in [-0.1, -0.05) is 0 Å². The minimum atomic E-state index is 0.161. The third-order valence-corrected chi connectivity index (χ3v) is 1.81. The highest BCUT2D eigenvalue weighted by atomic mass is 16.5. The molecule has 0 aliphatic rings. The molecule has 0 amide bonds. The smallest absolute Gasteiger partial charge is 0.119 e. The van der Waals surface area contributed by atoms with Gasteiger partial charge in [0.1, 0.15) is 5.75 Å². The summed E-state index contributed by atoms with van der Waals surface area (Å²) >= 11 is 0. The van der Waals surface area contributed by atoms with E-state index in [1.54, 1.807) is 0 Å². The number of ether oxygens (including phenoxy) is 1. The summed E-state index contributed by atoms with van der Waals surface area (Å²) in [7, 11) is 0. The third kappa shape index (κ3) is 2.95. The van der Waals surface area contributed by atoms with E-state index >= 15 is 0 Å². The number of hydrogen-bond acceptors (Lipinski definition) is 3. The minimum Gasteiger partial charge on any atom is -0.493 e. The van der Waals surface area contributed by atoms with Gasteiger partial charge in [0.2, 0.25) is 0 Å². The molecule has 0 saturated heterocycles. The molecular formula is C10H15NO2. The zero-order chi connectivity index (χ0) is 9.68. The Kier molecular flexibility index (Phi) is 3.58. The monoisotopic (exact) mass is 181 g/mol. The lowest BCUT2D eigenvalue weighted by Crippen LogP contribution is -2.00. The second-order valence-corrected chi connectivity index (χ2v) is 2.94. The highest BCUT2D eigenvalue weighted by Crippen LogP contribution is 2.18. The molecule has 3 nitrogen and oxygen atoms in total. The van der Waals surface area contributed by atoms with Crippen LogP contribution in [-0.4, -0.2) is 18.3 Å². The molecule has 0 aliphatic carbocycles. The molecule has 3 heteroatoms. The summed E-state index contributed by atoms with van der Waals surface area (Å²) in [6.07, 6.45) is 0.656. The van der Waals surface area contributed by atoms with E-state index < -0.39 is 0 Å². The molecule has 1 aromatic carbocycles. The third-order valence-electron chi connectivity index (χ3n) is 1.81. The first-order chi connectivity index (χ1) is 6.24. The second kappa shape index (κ2) is 4.72. The van der Waals surface area contributed by atoms with Crippen molar-refractivity contribution in [2.24, 2.45) is 0 Å². The average Bonchev–Trinajstić information content (AvgIpc) is 2.12. The molecule has 0 atom stereocenters. The molecule has 0 spiro atoms. The highest BCUT2D eigenvalue weighted by Gasteiger charge is 1.96. The first-order valence-corrected chi connectivity index (χ1v) is 4.34. The summed E-state index contributed by atoms with van der Waals surface area (Å²) < 4.78 is 5.37. The number of rotatable bonds is 4. The molecule has 13 heavy (non-hydrogen) atoms. The topological polar surface area (TPSA) is 55.5 Å². The Balaban J connectivity index is 2.53. The van der Waals surface area contributed by atoms with Gasteiger partial charge in [0.15, 0.2) is 0 Å². The number of aryl methyl sites for hydroxylation is 1. The zero-order valence-electron chi connectivity index (χ0n) is 7.79. The Labute approximate surface area is 78.1 Å². The Morgan fingerprint density at radius 2 is 2.23 bits per heavy atom. The predicted octanol–water partition coefficient (Wildman–Crippen LogP) is 1.34. The number of aliphatic hydroxyl groups excluding tert-OH is 1. The lowest BCUT2D eigenvalue weighted by atomic mass is 10.2. The molecule has 3 N–H and O–H groups in total. The molecule has 0 unspecified atom stereocenters. The second-order valence-electron chi connectivity index (χ2n) is 2.94. The Hall–Kier alpha value is -1.22. The quantitative estimate of drug-likeness (QED) is 0.544.